The molecule has 0 amide bonds. The first-order valence-corrected chi connectivity index (χ1v) is 4.17. The minimum absolute atomic E-state index is 0.578. The first kappa shape index (κ1) is 16.3. The minimum atomic E-state index is -0.891. The van der Waals surface area contributed by atoms with Gasteiger partial charge in [0.1, 0.15) is 0 Å². The van der Waals surface area contributed by atoms with Gasteiger partial charge < -0.3 is 14.6 Å². The number of carbonyl (C=O) groups excluding carboxylic acids is 2. The van der Waals surface area contributed by atoms with E-state index in [1.165, 1.54) is 20.3 Å². The molecule has 0 aromatic carbocycles. The van der Waals surface area contributed by atoms with Crippen molar-refractivity contribution < 1.29 is 29.0 Å². The predicted molar refractivity (Wildman–Crippen MR) is 55.6 cm³/mol. The van der Waals surface area contributed by atoms with Gasteiger partial charge in [-0.15, -0.1) is 0 Å². The molecule has 0 spiro atoms. The largest absolute Gasteiger partial charge is 0.478 e. The molecule has 0 aliphatic carbocycles. The van der Waals surface area contributed by atoms with Gasteiger partial charge in [-0.05, 0) is 6.92 Å². The Morgan fingerprint density at radius 1 is 0.938 bits per heavy atom. The van der Waals surface area contributed by atoms with E-state index in [4.69, 9.17) is 5.11 Å². The summed E-state index contributed by atoms with van der Waals surface area (Å²) in [5.74, 6) is -2.05. The summed E-state index contributed by atoms with van der Waals surface area (Å²) < 4.78 is 8.42. The molecule has 0 fully saturated rings. The van der Waals surface area contributed by atoms with Gasteiger partial charge in [0.2, 0.25) is 0 Å². The fraction of sp³-hybridized carbons (Fsp3) is 0.300. The number of carboxylic acids is 1. The van der Waals surface area contributed by atoms with Gasteiger partial charge in [-0.3, -0.25) is 0 Å². The number of carbonyl (C=O) groups is 3. The molecular formula is C10H14O6. The lowest BCUT2D eigenvalue weighted by Crippen LogP contribution is -1.98. The van der Waals surface area contributed by atoms with E-state index in [1.54, 1.807) is 6.92 Å². The Labute approximate surface area is 93.2 Å². The van der Waals surface area contributed by atoms with Crippen LogP contribution >= 0.6 is 0 Å². The van der Waals surface area contributed by atoms with Crippen molar-refractivity contribution in [3.8, 4) is 0 Å². The lowest BCUT2D eigenvalue weighted by molar-refractivity contribution is -0.137. The highest BCUT2D eigenvalue weighted by Crippen LogP contribution is 1.80. The summed E-state index contributed by atoms with van der Waals surface area (Å²) in [5, 5.41) is 7.83. The average Bonchev–Trinajstić information content (AvgIpc) is 2.25. The number of rotatable bonds is 3. The van der Waals surface area contributed by atoms with Crippen LogP contribution in [0.4, 0.5) is 0 Å². The molecule has 0 bridgehead atoms. The maximum Gasteiger partial charge on any atom is 0.330 e. The van der Waals surface area contributed by atoms with Gasteiger partial charge in [-0.25, -0.2) is 14.4 Å². The number of hydrogen-bond donors (Lipinski definition) is 1. The first-order valence-electron chi connectivity index (χ1n) is 4.17. The van der Waals surface area contributed by atoms with Crippen molar-refractivity contribution >= 4 is 17.9 Å². The lowest BCUT2D eigenvalue weighted by atomic mass is 10.5. The smallest absolute Gasteiger partial charge is 0.330 e. The molecule has 0 aromatic rings. The van der Waals surface area contributed by atoms with Gasteiger partial charge in [0.15, 0.2) is 0 Å². The third kappa shape index (κ3) is 14.4. The van der Waals surface area contributed by atoms with Crippen LogP contribution in [0, 0.1) is 0 Å². The standard InChI is InChI=1S/C6H8O4.C4H6O2/c1-9-5(7)3-4-6(8)10-2;1-2-3-4(5)6/h3-4H,1-2H3;2-3H,1H3,(H,5,6)/b4-3-;3-2+. The quantitative estimate of drug-likeness (QED) is 0.562. The second-order valence-electron chi connectivity index (χ2n) is 2.22. The summed E-state index contributed by atoms with van der Waals surface area (Å²) in [5.41, 5.74) is 0. The third-order valence-corrected chi connectivity index (χ3v) is 1.07. The monoisotopic (exact) mass is 230 g/mol. The molecule has 0 unspecified atom stereocenters. The molecule has 0 saturated heterocycles. The van der Waals surface area contributed by atoms with E-state index in [1.807, 2.05) is 0 Å². The van der Waals surface area contributed by atoms with Crippen molar-refractivity contribution in [3.05, 3.63) is 24.3 Å². The molecular weight excluding hydrogens is 216 g/mol. The van der Waals surface area contributed by atoms with Crippen LogP contribution in [-0.4, -0.2) is 37.2 Å². The molecule has 0 saturated carbocycles. The average molecular weight is 230 g/mol. The van der Waals surface area contributed by atoms with E-state index in [2.05, 4.69) is 9.47 Å². The third-order valence-electron chi connectivity index (χ3n) is 1.07. The Bertz CT molecular complexity index is 272. The summed E-state index contributed by atoms with van der Waals surface area (Å²) in [7, 11) is 2.45. The van der Waals surface area contributed by atoms with Crippen LogP contribution in [0.15, 0.2) is 24.3 Å². The highest BCUT2D eigenvalue weighted by atomic mass is 16.5. The molecule has 90 valence electrons. The van der Waals surface area contributed by atoms with Crippen molar-refractivity contribution in [3.63, 3.8) is 0 Å². The second kappa shape index (κ2) is 11.0. The zero-order valence-corrected chi connectivity index (χ0v) is 9.30. The molecule has 0 aliphatic heterocycles. The highest BCUT2D eigenvalue weighted by Gasteiger charge is 1.94. The van der Waals surface area contributed by atoms with Gasteiger partial charge in [-0.2, -0.15) is 0 Å². The Morgan fingerprint density at radius 2 is 1.31 bits per heavy atom. The van der Waals surface area contributed by atoms with E-state index in [0.717, 1.165) is 18.2 Å². The molecule has 0 heterocycles. The zero-order valence-electron chi connectivity index (χ0n) is 9.30. The number of aliphatic carboxylic acids is 1. The van der Waals surface area contributed by atoms with E-state index >= 15 is 0 Å². The number of esters is 2. The maximum atomic E-state index is 10.3. The van der Waals surface area contributed by atoms with Gasteiger partial charge in [0.25, 0.3) is 0 Å². The van der Waals surface area contributed by atoms with Crippen LogP contribution in [0.5, 0.6) is 0 Å². The fourth-order valence-electron chi connectivity index (χ4n) is 0.415. The van der Waals surface area contributed by atoms with Gasteiger partial charge in [0.05, 0.1) is 14.2 Å². The molecule has 0 rings (SSSR count). The first-order chi connectivity index (χ1) is 7.47. The van der Waals surface area contributed by atoms with Crippen LogP contribution in [0.3, 0.4) is 0 Å². The number of ether oxygens (including phenoxy) is 2. The highest BCUT2D eigenvalue weighted by molar-refractivity contribution is 5.91. The number of carboxylic acid groups (broad SMARTS) is 1. The minimum Gasteiger partial charge on any atom is -0.478 e. The van der Waals surface area contributed by atoms with Crippen LogP contribution in [-0.2, 0) is 23.9 Å². The lowest BCUT2D eigenvalue weighted by Gasteiger charge is -1.89. The van der Waals surface area contributed by atoms with Crippen LogP contribution in [0.2, 0.25) is 0 Å². The van der Waals surface area contributed by atoms with E-state index < -0.39 is 17.9 Å². The van der Waals surface area contributed by atoms with Crippen molar-refractivity contribution in [2.75, 3.05) is 14.2 Å². The molecule has 6 nitrogen and oxygen atoms in total. The number of methoxy groups -OCH3 is 2. The van der Waals surface area contributed by atoms with Crippen molar-refractivity contribution in [1.82, 2.24) is 0 Å². The van der Waals surface area contributed by atoms with Crippen molar-refractivity contribution in [2.24, 2.45) is 0 Å². The fourth-order valence-corrected chi connectivity index (χ4v) is 0.415. The number of hydrogen-bond acceptors (Lipinski definition) is 5. The molecule has 0 aromatic heterocycles. The van der Waals surface area contributed by atoms with E-state index in [9.17, 15) is 14.4 Å². The number of allylic oxidation sites excluding steroid dienone is 1. The predicted octanol–water partition coefficient (Wildman–Crippen LogP) is 0.536. The Hall–Kier alpha value is -2.11. The summed E-state index contributed by atoms with van der Waals surface area (Å²) in [6.45, 7) is 1.66. The molecule has 0 radical (unpaired) electrons. The maximum absolute atomic E-state index is 10.3. The van der Waals surface area contributed by atoms with Gasteiger partial charge >= 0.3 is 17.9 Å². The second-order valence-corrected chi connectivity index (χ2v) is 2.22. The molecule has 16 heavy (non-hydrogen) atoms. The van der Waals surface area contributed by atoms with Crippen LogP contribution < -0.4 is 0 Å². The van der Waals surface area contributed by atoms with E-state index in [0.29, 0.717) is 0 Å². The molecule has 0 atom stereocenters. The summed E-state index contributed by atoms with van der Waals surface area (Å²) in [6, 6.07) is 0. The van der Waals surface area contributed by atoms with Crippen molar-refractivity contribution in [1.29, 1.82) is 0 Å². The van der Waals surface area contributed by atoms with Crippen molar-refractivity contribution in [2.45, 2.75) is 6.92 Å². The molecule has 6 heteroatoms. The summed E-state index contributed by atoms with van der Waals surface area (Å²) in [6.07, 6.45) is 4.54. The van der Waals surface area contributed by atoms with Crippen LogP contribution in [0.25, 0.3) is 0 Å². The summed E-state index contributed by atoms with van der Waals surface area (Å²) in [4.78, 5) is 30.1. The van der Waals surface area contributed by atoms with Gasteiger partial charge in [-0.1, -0.05) is 6.08 Å². The van der Waals surface area contributed by atoms with Gasteiger partial charge in [0, 0.05) is 18.2 Å². The van der Waals surface area contributed by atoms with Crippen LogP contribution in [0.1, 0.15) is 6.92 Å². The Morgan fingerprint density at radius 3 is 1.44 bits per heavy atom. The zero-order chi connectivity index (χ0) is 13.0. The summed E-state index contributed by atoms with van der Waals surface area (Å²) >= 11 is 0. The molecule has 0 aliphatic rings. The molecule has 1 N–H and O–H groups in total. The van der Waals surface area contributed by atoms with E-state index in [-0.39, 0.29) is 0 Å². The topological polar surface area (TPSA) is 89.9 Å². The SMILES string of the molecule is C/C=C/C(=O)O.COC(=O)/C=C\C(=O)OC. The Kier molecular flexibility index (Phi) is 11.2. The normalized spacial score (nSPS) is 9.44. The Balaban J connectivity index is 0.